The Morgan fingerprint density at radius 2 is 1.95 bits per heavy atom. The third kappa shape index (κ3) is 5.77. The quantitative estimate of drug-likeness (QED) is 0.504. The zero-order valence-corrected chi connectivity index (χ0v) is 14.2. The SMILES string of the molecule is CC[Si](CC)(CC)CCCOCC(O)Cn1ccnc1. The summed E-state index contributed by atoms with van der Waals surface area (Å²) in [6, 6.07) is 5.49. The van der Waals surface area contributed by atoms with Crippen LogP contribution in [0.15, 0.2) is 18.7 Å². The average Bonchev–Trinajstić information content (AvgIpc) is 2.96. The van der Waals surface area contributed by atoms with Gasteiger partial charge in [-0.2, -0.15) is 0 Å². The molecule has 0 saturated heterocycles. The van der Waals surface area contributed by atoms with Gasteiger partial charge in [0, 0.05) is 19.0 Å². The minimum absolute atomic E-state index is 0.414. The minimum Gasteiger partial charge on any atom is -0.389 e. The van der Waals surface area contributed by atoms with Crippen LogP contribution in [0, 0.1) is 0 Å². The van der Waals surface area contributed by atoms with Crippen LogP contribution in [0.4, 0.5) is 0 Å². The van der Waals surface area contributed by atoms with Gasteiger partial charge in [0.15, 0.2) is 0 Å². The number of aliphatic hydroxyl groups excluding tert-OH is 1. The van der Waals surface area contributed by atoms with E-state index in [1.54, 1.807) is 12.5 Å². The first-order valence-electron chi connectivity index (χ1n) is 7.87. The highest BCUT2D eigenvalue weighted by molar-refractivity contribution is 6.79. The first-order valence-corrected chi connectivity index (χ1v) is 10.7. The molecule has 0 aliphatic rings. The van der Waals surface area contributed by atoms with Gasteiger partial charge in [-0.15, -0.1) is 0 Å². The molecule has 1 heterocycles. The Labute approximate surface area is 124 Å². The topological polar surface area (TPSA) is 47.3 Å². The van der Waals surface area contributed by atoms with E-state index in [4.69, 9.17) is 4.74 Å². The van der Waals surface area contributed by atoms with Gasteiger partial charge in [0.25, 0.3) is 0 Å². The normalized spacial score (nSPS) is 13.6. The van der Waals surface area contributed by atoms with Gasteiger partial charge >= 0.3 is 0 Å². The zero-order valence-electron chi connectivity index (χ0n) is 13.2. The highest BCUT2D eigenvalue weighted by Crippen LogP contribution is 2.26. The van der Waals surface area contributed by atoms with Crippen LogP contribution in [-0.4, -0.2) is 42.0 Å². The van der Waals surface area contributed by atoms with Crippen LogP contribution >= 0.6 is 0 Å². The van der Waals surface area contributed by atoms with Crippen LogP contribution < -0.4 is 0 Å². The first kappa shape index (κ1) is 17.4. The Kier molecular flexibility index (Phi) is 8.10. The molecule has 5 heteroatoms. The predicted octanol–water partition coefficient (Wildman–Crippen LogP) is 3.16. The van der Waals surface area contributed by atoms with E-state index in [-0.39, 0.29) is 0 Å². The molecule has 1 aromatic heterocycles. The van der Waals surface area contributed by atoms with E-state index in [0.29, 0.717) is 13.2 Å². The average molecular weight is 299 g/mol. The maximum Gasteiger partial charge on any atom is 0.0952 e. The molecule has 0 amide bonds. The third-order valence-corrected chi connectivity index (χ3v) is 10.5. The molecule has 0 aliphatic carbocycles. The third-order valence-electron chi connectivity index (χ3n) is 4.54. The van der Waals surface area contributed by atoms with Crippen molar-refractivity contribution in [2.45, 2.75) is 64.0 Å². The highest BCUT2D eigenvalue weighted by atomic mass is 28.3. The molecular weight excluding hydrogens is 268 g/mol. The fourth-order valence-corrected chi connectivity index (χ4v) is 6.19. The molecule has 0 radical (unpaired) electrons. The van der Waals surface area contributed by atoms with Gasteiger partial charge in [0.2, 0.25) is 0 Å². The van der Waals surface area contributed by atoms with Gasteiger partial charge < -0.3 is 14.4 Å². The van der Waals surface area contributed by atoms with E-state index < -0.39 is 14.2 Å². The van der Waals surface area contributed by atoms with Crippen LogP contribution in [-0.2, 0) is 11.3 Å². The Morgan fingerprint density at radius 1 is 1.25 bits per heavy atom. The van der Waals surface area contributed by atoms with Crippen molar-refractivity contribution in [1.29, 1.82) is 0 Å². The van der Waals surface area contributed by atoms with Crippen molar-refractivity contribution in [2.24, 2.45) is 0 Å². The maximum atomic E-state index is 9.85. The van der Waals surface area contributed by atoms with Crippen LogP contribution in [0.5, 0.6) is 0 Å². The molecule has 1 atom stereocenters. The fraction of sp³-hybridized carbons (Fsp3) is 0.800. The summed E-state index contributed by atoms with van der Waals surface area (Å²) in [7, 11) is -1.00. The second-order valence-corrected chi connectivity index (χ2v) is 11.3. The van der Waals surface area contributed by atoms with Crippen LogP contribution in [0.25, 0.3) is 0 Å². The Balaban J connectivity index is 2.12. The van der Waals surface area contributed by atoms with Crippen molar-refractivity contribution >= 4 is 8.07 Å². The summed E-state index contributed by atoms with van der Waals surface area (Å²) >= 11 is 0. The number of aromatic nitrogens is 2. The lowest BCUT2D eigenvalue weighted by atomic mass is 10.4. The van der Waals surface area contributed by atoms with Gasteiger partial charge in [-0.25, -0.2) is 4.98 Å². The molecule has 1 unspecified atom stereocenters. The molecule has 0 spiro atoms. The largest absolute Gasteiger partial charge is 0.389 e. The lowest BCUT2D eigenvalue weighted by molar-refractivity contribution is 0.0283. The Hall–Kier alpha value is -0.653. The van der Waals surface area contributed by atoms with E-state index in [1.807, 2.05) is 10.8 Å². The Bertz CT molecular complexity index is 331. The van der Waals surface area contributed by atoms with Gasteiger partial charge in [-0.05, 0) is 6.42 Å². The number of hydrogen-bond acceptors (Lipinski definition) is 3. The summed E-state index contributed by atoms with van der Waals surface area (Å²) in [5, 5.41) is 9.85. The number of ether oxygens (including phenoxy) is 1. The summed E-state index contributed by atoms with van der Waals surface area (Å²) in [4.78, 5) is 3.96. The van der Waals surface area contributed by atoms with Crippen molar-refractivity contribution in [3.05, 3.63) is 18.7 Å². The van der Waals surface area contributed by atoms with E-state index in [9.17, 15) is 5.11 Å². The van der Waals surface area contributed by atoms with Crippen molar-refractivity contribution < 1.29 is 9.84 Å². The molecule has 0 saturated carbocycles. The lowest BCUT2D eigenvalue weighted by Crippen LogP contribution is -2.31. The van der Waals surface area contributed by atoms with Gasteiger partial charge in [0.05, 0.1) is 33.7 Å². The Morgan fingerprint density at radius 3 is 2.50 bits per heavy atom. The number of nitrogens with zero attached hydrogens (tertiary/aromatic N) is 2. The summed E-state index contributed by atoms with van der Waals surface area (Å²) < 4.78 is 7.48. The molecule has 1 rings (SSSR count). The maximum absolute atomic E-state index is 9.85. The number of hydrogen-bond donors (Lipinski definition) is 1. The molecule has 1 N–H and O–H groups in total. The van der Waals surface area contributed by atoms with Gasteiger partial charge in [-0.1, -0.05) is 44.9 Å². The minimum atomic E-state index is -1.00. The molecule has 0 fully saturated rings. The second-order valence-electron chi connectivity index (χ2n) is 5.65. The standard InChI is InChI=1S/C15H30N2O2Si/c1-4-20(5-2,6-3)11-7-10-19-13-15(18)12-17-9-8-16-14-17/h8-9,14-15,18H,4-7,10-13H2,1-3H3. The molecular formula is C15H30N2O2Si. The lowest BCUT2D eigenvalue weighted by Gasteiger charge is -2.28. The van der Waals surface area contributed by atoms with Crippen LogP contribution in [0.2, 0.25) is 24.2 Å². The fourth-order valence-electron chi connectivity index (χ4n) is 2.74. The van der Waals surface area contributed by atoms with E-state index in [0.717, 1.165) is 13.0 Å². The van der Waals surface area contributed by atoms with E-state index in [2.05, 4.69) is 25.8 Å². The molecule has 116 valence electrons. The smallest absolute Gasteiger partial charge is 0.0952 e. The molecule has 0 aromatic carbocycles. The van der Waals surface area contributed by atoms with Gasteiger partial charge in [-0.3, -0.25) is 0 Å². The molecule has 0 bridgehead atoms. The zero-order chi connectivity index (χ0) is 14.8. The molecule has 4 nitrogen and oxygen atoms in total. The van der Waals surface area contributed by atoms with Gasteiger partial charge in [0.1, 0.15) is 0 Å². The van der Waals surface area contributed by atoms with Crippen molar-refractivity contribution in [2.75, 3.05) is 13.2 Å². The summed E-state index contributed by atoms with van der Waals surface area (Å²) in [6.45, 7) is 8.77. The first-order chi connectivity index (χ1) is 9.65. The second kappa shape index (κ2) is 9.31. The summed E-state index contributed by atoms with van der Waals surface area (Å²) in [5.41, 5.74) is 0. The van der Waals surface area contributed by atoms with E-state index in [1.165, 1.54) is 24.2 Å². The number of aliphatic hydroxyl groups is 1. The monoisotopic (exact) mass is 298 g/mol. The summed E-state index contributed by atoms with van der Waals surface area (Å²) in [5.74, 6) is 0. The number of rotatable bonds is 11. The van der Waals surface area contributed by atoms with Crippen molar-refractivity contribution in [3.63, 3.8) is 0 Å². The summed E-state index contributed by atoms with van der Waals surface area (Å²) in [6.07, 6.45) is 5.98. The molecule has 0 aliphatic heterocycles. The van der Waals surface area contributed by atoms with Crippen molar-refractivity contribution in [1.82, 2.24) is 9.55 Å². The van der Waals surface area contributed by atoms with E-state index >= 15 is 0 Å². The number of imidazole rings is 1. The van der Waals surface area contributed by atoms with Crippen LogP contribution in [0.1, 0.15) is 27.2 Å². The van der Waals surface area contributed by atoms with Crippen molar-refractivity contribution in [3.8, 4) is 0 Å². The predicted molar refractivity (Wildman–Crippen MR) is 85.7 cm³/mol. The highest BCUT2D eigenvalue weighted by Gasteiger charge is 2.25. The molecule has 20 heavy (non-hydrogen) atoms. The van der Waals surface area contributed by atoms with Crippen LogP contribution in [0.3, 0.4) is 0 Å². The molecule has 1 aromatic rings.